The molecule has 2 rings (SSSR count). The summed E-state index contributed by atoms with van der Waals surface area (Å²) in [7, 11) is 6.08. The summed E-state index contributed by atoms with van der Waals surface area (Å²) in [5.41, 5.74) is 6.12. The van der Waals surface area contributed by atoms with Crippen LogP contribution in [0, 0.1) is 0 Å². The van der Waals surface area contributed by atoms with Gasteiger partial charge in [0.05, 0.1) is 0 Å². The second-order valence-corrected chi connectivity index (χ2v) is 27.7. The van der Waals surface area contributed by atoms with Crippen molar-refractivity contribution in [3.8, 4) is 0 Å². The predicted molar refractivity (Wildman–Crippen MR) is 139 cm³/mol. The van der Waals surface area contributed by atoms with Crippen LogP contribution in [0.5, 0.6) is 0 Å². The molecule has 0 aliphatic carbocycles. The van der Waals surface area contributed by atoms with E-state index in [-0.39, 0.29) is 0 Å². The zero-order chi connectivity index (χ0) is 22.0. The van der Waals surface area contributed by atoms with Crippen molar-refractivity contribution in [2.75, 3.05) is 38.0 Å². The molecule has 0 amide bonds. The van der Waals surface area contributed by atoms with Crippen molar-refractivity contribution in [1.82, 2.24) is 0 Å². The van der Waals surface area contributed by atoms with Gasteiger partial charge in [0.2, 0.25) is 0 Å². The molecule has 2 aromatic carbocycles. The fourth-order valence-corrected chi connectivity index (χ4v) is 20.4. The van der Waals surface area contributed by atoms with E-state index < -0.39 is 50.0 Å². The Morgan fingerprint density at radius 1 is 0.586 bits per heavy atom. The van der Waals surface area contributed by atoms with Gasteiger partial charge in [0, 0.05) is 0 Å². The molecule has 0 bridgehead atoms. The third-order valence-electron chi connectivity index (χ3n) is 6.15. The number of benzene rings is 2. The van der Waals surface area contributed by atoms with Gasteiger partial charge in [-0.15, -0.1) is 0 Å². The molecule has 156 valence electrons. The Morgan fingerprint density at radius 3 is 1.17 bits per heavy atom. The van der Waals surface area contributed by atoms with Crippen LogP contribution < -0.4 is 9.80 Å². The summed E-state index contributed by atoms with van der Waals surface area (Å²) in [6, 6.07) is 18.4. The van der Waals surface area contributed by atoms with E-state index in [1.54, 1.807) is 11.1 Å². The molecule has 0 radical (unpaired) electrons. The first-order chi connectivity index (χ1) is 13.3. The zero-order valence-electron chi connectivity index (χ0n) is 20.4. The maximum atomic E-state index is 2.59. The van der Waals surface area contributed by atoms with Crippen LogP contribution in [0.4, 0.5) is 11.4 Å². The predicted octanol–water partition coefficient (Wildman–Crippen LogP) is 6.06. The molecule has 0 heterocycles. The Morgan fingerprint density at radius 2 is 0.897 bits per heavy atom. The van der Waals surface area contributed by atoms with Gasteiger partial charge in [0.25, 0.3) is 0 Å². The second kappa shape index (κ2) is 9.90. The van der Waals surface area contributed by atoms with E-state index in [9.17, 15) is 0 Å². The number of hydrogen-bond acceptors (Lipinski definition) is 2. The third-order valence-corrected chi connectivity index (χ3v) is 27.2. The van der Waals surface area contributed by atoms with E-state index in [4.69, 9.17) is 0 Å². The number of nitrogens with zero attached hydrogens (tertiary/aromatic N) is 2. The molecule has 0 aliphatic rings. The fraction of sp³-hybridized carbons (Fsp3) is 0.500. The first-order valence-corrected chi connectivity index (χ1v) is 20.6. The standard InChI is InChI=1S/2C12H20NSi.Ca/c2*1-13(2)12-9-7-6-8-11(12)10-14(3,4)5;/h2*6-10H,1-5H3;. The first kappa shape index (κ1) is 25.0. The minimum absolute atomic E-state index is 0.820. The van der Waals surface area contributed by atoms with E-state index in [1.165, 1.54) is 11.4 Å². The van der Waals surface area contributed by atoms with Gasteiger partial charge in [-0.2, -0.15) is 0 Å². The van der Waals surface area contributed by atoms with Crippen molar-refractivity contribution in [3.63, 3.8) is 0 Å². The van der Waals surface area contributed by atoms with Gasteiger partial charge in [-0.25, -0.2) is 0 Å². The van der Waals surface area contributed by atoms with Crippen molar-refractivity contribution >= 4 is 61.4 Å². The molecular weight excluding hydrogens is 413 g/mol. The molecule has 0 spiro atoms. The van der Waals surface area contributed by atoms with Crippen LogP contribution in [0.15, 0.2) is 48.5 Å². The first-order valence-electron chi connectivity index (χ1n) is 10.9. The molecule has 0 saturated heterocycles. The molecule has 0 aliphatic heterocycles. The van der Waals surface area contributed by atoms with Gasteiger partial charge in [-0.3, -0.25) is 0 Å². The average Bonchev–Trinajstić information content (AvgIpc) is 2.60. The van der Waals surface area contributed by atoms with Gasteiger partial charge in [-0.1, -0.05) is 0 Å². The van der Waals surface area contributed by atoms with E-state index in [2.05, 4.69) is 126 Å². The quantitative estimate of drug-likeness (QED) is 0.449. The van der Waals surface area contributed by atoms with Crippen LogP contribution in [-0.4, -0.2) is 78.2 Å². The summed E-state index contributed by atoms with van der Waals surface area (Å²) in [6.45, 7) is 15.6. The van der Waals surface area contributed by atoms with Gasteiger partial charge in [0.1, 0.15) is 0 Å². The van der Waals surface area contributed by atoms with Crippen LogP contribution in [0.1, 0.15) is 14.4 Å². The summed E-state index contributed by atoms with van der Waals surface area (Å²) in [6.07, 6.45) is 0. The molecule has 2 unspecified atom stereocenters. The molecule has 5 heteroatoms. The van der Waals surface area contributed by atoms with E-state index in [0.29, 0.717) is 0 Å². The zero-order valence-corrected chi connectivity index (χ0v) is 24.6. The van der Waals surface area contributed by atoms with Crippen LogP contribution in [0.2, 0.25) is 39.3 Å². The molecular formula is C24H40CaN2Si2. The molecule has 0 aromatic heterocycles. The second-order valence-electron chi connectivity index (χ2n) is 11.0. The molecule has 0 N–H and O–H groups in total. The number of rotatable bonds is 8. The molecule has 2 aromatic rings. The van der Waals surface area contributed by atoms with Crippen molar-refractivity contribution < 1.29 is 0 Å². The normalized spacial score (nSPS) is 14.1. The topological polar surface area (TPSA) is 6.48 Å². The van der Waals surface area contributed by atoms with Crippen LogP contribution in [-0.2, 0) is 0 Å². The monoisotopic (exact) mass is 452 g/mol. The van der Waals surface area contributed by atoms with Gasteiger partial charge >= 0.3 is 202 Å². The number of anilines is 2. The minimum atomic E-state index is -1.36. The van der Waals surface area contributed by atoms with Crippen molar-refractivity contribution in [2.24, 2.45) is 0 Å². The van der Waals surface area contributed by atoms with E-state index >= 15 is 0 Å². The van der Waals surface area contributed by atoms with Crippen molar-refractivity contribution in [3.05, 3.63) is 59.7 Å². The molecule has 29 heavy (non-hydrogen) atoms. The summed E-state index contributed by atoms with van der Waals surface area (Å²) in [5.74, 6) is 0. The van der Waals surface area contributed by atoms with Crippen LogP contribution in [0.3, 0.4) is 0 Å². The third kappa shape index (κ3) is 6.36. The molecule has 2 nitrogen and oxygen atoms in total. The van der Waals surface area contributed by atoms with Crippen molar-refractivity contribution in [1.29, 1.82) is 0 Å². The Kier molecular flexibility index (Phi) is 8.54. The van der Waals surface area contributed by atoms with Gasteiger partial charge < -0.3 is 0 Å². The van der Waals surface area contributed by atoms with E-state index in [1.807, 2.05) is 0 Å². The Balaban J connectivity index is 2.61. The maximum absolute atomic E-state index is 2.59. The summed E-state index contributed by atoms with van der Waals surface area (Å²) in [4.78, 5) is 4.64. The molecule has 2 atom stereocenters. The summed E-state index contributed by atoms with van der Waals surface area (Å²) in [5, 5.41) is 0. The SMILES string of the molecule is CN(C)c1ccccc1[CH]([Ca][CH](c1ccccc1N(C)C)[Si](C)(C)C)[Si](C)(C)C. The molecule has 0 saturated carbocycles. The molecule has 0 fully saturated rings. The number of para-hydroxylation sites is 2. The fourth-order valence-electron chi connectivity index (χ4n) is 4.51. The van der Waals surface area contributed by atoms with Crippen LogP contribution in [0.25, 0.3) is 0 Å². The Labute approximate surface area is 200 Å². The summed E-state index contributed by atoms with van der Waals surface area (Å²) < 4.78 is 1.64. The Hall–Kier alpha value is -0.266. The van der Waals surface area contributed by atoms with Crippen molar-refractivity contribution in [2.45, 2.75) is 42.6 Å². The number of hydrogen-bond donors (Lipinski definition) is 0. The summed E-state index contributed by atoms with van der Waals surface area (Å²) >= 11 is -0.981. The van der Waals surface area contributed by atoms with E-state index in [0.717, 1.165) is 3.28 Å². The van der Waals surface area contributed by atoms with Gasteiger partial charge in [0.15, 0.2) is 0 Å². The van der Waals surface area contributed by atoms with Gasteiger partial charge in [-0.05, 0) is 0 Å². The van der Waals surface area contributed by atoms with Crippen LogP contribution >= 0.6 is 0 Å². The Bertz CT molecular complexity index is 740. The average molecular weight is 453 g/mol.